The summed E-state index contributed by atoms with van der Waals surface area (Å²) in [4.78, 5) is 11.4. The van der Waals surface area contributed by atoms with Crippen LogP contribution in [-0.2, 0) is 4.79 Å². The second-order valence-electron chi connectivity index (χ2n) is 3.83. The second-order valence-corrected chi connectivity index (χ2v) is 3.83. The summed E-state index contributed by atoms with van der Waals surface area (Å²) in [7, 11) is 1.72. The zero-order valence-electron chi connectivity index (χ0n) is 10.4. The number of anilines is 1. The van der Waals surface area contributed by atoms with Crippen LogP contribution < -0.4 is 15.4 Å². The van der Waals surface area contributed by atoms with Crippen molar-refractivity contribution in [2.75, 3.05) is 25.5 Å². The van der Waals surface area contributed by atoms with Gasteiger partial charge in [-0.3, -0.25) is 4.79 Å². The molecule has 0 saturated heterocycles. The molecule has 4 nitrogen and oxygen atoms in total. The number of benzene rings is 1. The van der Waals surface area contributed by atoms with Crippen molar-refractivity contribution in [1.82, 2.24) is 5.32 Å². The van der Waals surface area contributed by atoms with Gasteiger partial charge >= 0.3 is 6.18 Å². The van der Waals surface area contributed by atoms with Gasteiger partial charge in [0, 0.05) is 24.7 Å². The van der Waals surface area contributed by atoms with Crippen LogP contribution >= 0.6 is 0 Å². The fourth-order valence-corrected chi connectivity index (χ4v) is 1.29. The Bertz CT molecular complexity index is 422. The van der Waals surface area contributed by atoms with Gasteiger partial charge in [-0.1, -0.05) is 6.07 Å². The molecule has 7 heteroatoms. The maximum atomic E-state index is 12.0. The number of ether oxygens (including phenoxy) is 1. The molecule has 2 N–H and O–H groups in total. The third kappa shape index (κ3) is 6.66. The van der Waals surface area contributed by atoms with Crippen LogP contribution in [0.1, 0.15) is 6.42 Å². The Morgan fingerprint density at radius 3 is 2.74 bits per heavy atom. The number of nitrogens with one attached hydrogen (secondary N) is 2. The van der Waals surface area contributed by atoms with Crippen LogP contribution in [0.3, 0.4) is 0 Å². The van der Waals surface area contributed by atoms with Crippen molar-refractivity contribution in [3.63, 3.8) is 0 Å². The van der Waals surface area contributed by atoms with Gasteiger partial charge in [-0.05, 0) is 19.2 Å². The summed E-state index contributed by atoms with van der Waals surface area (Å²) in [6.07, 6.45) is -4.10. The minimum absolute atomic E-state index is 0.0590. The first-order chi connectivity index (χ1) is 8.90. The number of carbonyl (C=O) groups excluding carboxylic acids is 1. The van der Waals surface area contributed by atoms with E-state index < -0.39 is 12.8 Å². The molecule has 0 unspecified atom stereocenters. The fourth-order valence-electron chi connectivity index (χ4n) is 1.29. The Morgan fingerprint density at radius 2 is 2.11 bits per heavy atom. The van der Waals surface area contributed by atoms with Crippen LogP contribution in [0.4, 0.5) is 18.9 Å². The van der Waals surface area contributed by atoms with E-state index in [-0.39, 0.29) is 18.1 Å². The van der Waals surface area contributed by atoms with Crippen molar-refractivity contribution < 1.29 is 22.7 Å². The first-order valence-corrected chi connectivity index (χ1v) is 5.65. The van der Waals surface area contributed by atoms with Crippen molar-refractivity contribution in [2.24, 2.45) is 0 Å². The maximum absolute atomic E-state index is 12.0. The third-order valence-electron chi connectivity index (χ3n) is 2.12. The van der Waals surface area contributed by atoms with Crippen LogP contribution in [0.5, 0.6) is 5.75 Å². The number of halogens is 3. The number of hydrogen-bond acceptors (Lipinski definition) is 3. The van der Waals surface area contributed by atoms with E-state index in [9.17, 15) is 18.0 Å². The lowest BCUT2D eigenvalue weighted by Crippen LogP contribution is -2.20. The number of amides is 1. The van der Waals surface area contributed by atoms with Crippen molar-refractivity contribution in [1.29, 1.82) is 0 Å². The summed E-state index contributed by atoms with van der Waals surface area (Å²) in [5.41, 5.74) is 0.403. The van der Waals surface area contributed by atoms with E-state index in [0.29, 0.717) is 12.2 Å². The van der Waals surface area contributed by atoms with Gasteiger partial charge in [0.25, 0.3) is 0 Å². The average molecular weight is 276 g/mol. The number of carbonyl (C=O) groups is 1. The highest BCUT2D eigenvalue weighted by molar-refractivity contribution is 5.90. The Hall–Kier alpha value is -1.76. The predicted octanol–water partition coefficient (Wildman–Crippen LogP) is 2.18. The molecule has 0 heterocycles. The number of rotatable bonds is 6. The molecule has 1 aromatic rings. The van der Waals surface area contributed by atoms with E-state index in [1.165, 1.54) is 18.2 Å². The molecular formula is C12H15F3N2O2. The van der Waals surface area contributed by atoms with Crippen LogP contribution in [0, 0.1) is 0 Å². The smallest absolute Gasteiger partial charge is 0.422 e. The van der Waals surface area contributed by atoms with Gasteiger partial charge in [-0.25, -0.2) is 0 Å². The van der Waals surface area contributed by atoms with Crippen molar-refractivity contribution in [2.45, 2.75) is 12.6 Å². The molecule has 0 saturated carbocycles. The summed E-state index contributed by atoms with van der Waals surface area (Å²) < 4.78 is 40.6. The molecule has 0 bridgehead atoms. The van der Waals surface area contributed by atoms with Crippen molar-refractivity contribution >= 4 is 11.6 Å². The van der Waals surface area contributed by atoms with Gasteiger partial charge < -0.3 is 15.4 Å². The second kappa shape index (κ2) is 6.98. The molecule has 0 fully saturated rings. The summed E-state index contributed by atoms with van der Waals surface area (Å²) in [5.74, 6) is -0.161. The molecule has 0 radical (unpaired) electrons. The van der Waals surface area contributed by atoms with Gasteiger partial charge in [0.1, 0.15) is 5.75 Å². The Labute approximate surface area is 108 Å². The Morgan fingerprint density at radius 1 is 1.37 bits per heavy atom. The lowest BCUT2D eigenvalue weighted by atomic mass is 10.3. The molecule has 0 aliphatic rings. The van der Waals surface area contributed by atoms with Crippen molar-refractivity contribution in [3.05, 3.63) is 24.3 Å². The van der Waals surface area contributed by atoms with E-state index in [0.717, 1.165) is 0 Å². The molecule has 0 atom stereocenters. The third-order valence-corrected chi connectivity index (χ3v) is 2.12. The highest BCUT2D eigenvalue weighted by Gasteiger charge is 2.28. The molecule has 0 spiro atoms. The van der Waals surface area contributed by atoms with E-state index in [2.05, 4.69) is 15.4 Å². The van der Waals surface area contributed by atoms with Gasteiger partial charge in [-0.2, -0.15) is 13.2 Å². The Kier molecular flexibility index (Phi) is 5.62. The minimum atomic E-state index is -4.38. The fraction of sp³-hybridized carbons (Fsp3) is 0.417. The minimum Gasteiger partial charge on any atom is -0.484 e. The highest BCUT2D eigenvalue weighted by Crippen LogP contribution is 2.21. The standard InChI is InChI=1S/C12H15F3N2O2/c1-16-6-5-11(18)17-9-3-2-4-10(7-9)19-8-12(13,14)15/h2-4,7,16H,5-6,8H2,1H3,(H,17,18). The molecular weight excluding hydrogens is 261 g/mol. The van der Waals surface area contributed by atoms with E-state index in [1.54, 1.807) is 13.1 Å². The largest absolute Gasteiger partial charge is 0.484 e. The predicted molar refractivity (Wildman–Crippen MR) is 65.2 cm³/mol. The molecule has 19 heavy (non-hydrogen) atoms. The quantitative estimate of drug-likeness (QED) is 0.837. The molecule has 0 aliphatic carbocycles. The average Bonchev–Trinajstić information content (AvgIpc) is 2.33. The molecule has 0 aliphatic heterocycles. The molecule has 106 valence electrons. The van der Waals surface area contributed by atoms with Crippen molar-refractivity contribution in [3.8, 4) is 5.75 Å². The number of hydrogen-bond donors (Lipinski definition) is 2. The van der Waals surface area contributed by atoms with Crippen LogP contribution in [0.25, 0.3) is 0 Å². The van der Waals surface area contributed by atoms with Gasteiger partial charge in [0.15, 0.2) is 6.61 Å². The van der Waals surface area contributed by atoms with Crippen LogP contribution in [0.15, 0.2) is 24.3 Å². The normalized spacial score (nSPS) is 11.2. The topological polar surface area (TPSA) is 50.4 Å². The lowest BCUT2D eigenvalue weighted by Gasteiger charge is -2.10. The Balaban J connectivity index is 2.54. The maximum Gasteiger partial charge on any atom is 0.422 e. The van der Waals surface area contributed by atoms with Crippen LogP contribution in [-0.4, -0.2) is 32.3 Å². The van der Waals surface area contributed by atoms with Gasteiger partial charge in [-0.15, -0.1) is 0 Å². The molecule has 1 rings (SSSR count). The SMILES string of the molecule is CNCCC(=O)Nc1cccc(OCC(F)(F)F)c1. The monoisotopic (exact) mass is 276 g/mol. The summed E-state index contributed by atoms with van der Waals surface area (Å²) in [6.45, 7) is -0.833. The lowest BCUT2D eigenvalue weighted by molar-refractivity contribution is -0.153. The zero-order valence-corrected chi connectivity index (χ0v) is 10.4. The molecule has 0 aromatic heterocycles. The number of alkyl halides is 3. The van der Waals surface area contributed by atoms with E-state index >= 15 is 0 Å². The summed E-state index contributed by atoms with van der Waals surface area (Å²) >= 11 is 0. The van der Waals surface area contributed by atoms with Gasteiger partial charge in [0.05, 0.1) is 0 Å². The zero-order chi connectivity index (χ0) is 14.3. The van der Waals surface area contributed by atoms with Gasteiger partial charge in [0.2, 0.25) is 5.91 Å². The summed E-state index contributed by atoms with van der Waals surface area (Å²) in [5, 5.41) is 5.40. The highest BCUT2D eigenvalue weighted by atomic mass is 19.4. The van der Waals surface area contributed by atoms with E-state index in [4.69, 9.17) is 0 Å². The molecule has 1 amide bonds. The first-order valence-electron chi connectivity index (χ1n) is 5.65. The molecule has 1 aromatic carbocycles. The first kappa shape index (κ1) is 15.3. The van der Waals surface area contributed by atoms with E-state index in [1.807, 2.05) is 0 Å². The van der Waals surface area contributed by atoms with Crippen LogP contribution in [0.2, 0.25) is 0 Å². The summed E-state index contributed by atoms with van der Waals surface area (Å²) in [6, 6.07) is 5.84.